The minimum atomic E-state index is -0.270. The zero-order valence-electron chi connectivity index (χ0n) is 19.3. The van der Waals surface area contributed by atoms with Crippen molar-refractivity contribution >= 4 is 22.7 Å². The number of aromatic nitrogens is 2. The van der Waals surface area contributed by atoms with E-state index in [1.807, 2.05) is 36.4 Å². The predicted molar refractivity (Wildman–Crippen MR) is 128 cm³/mol. The van der Waals surface area contributed by atoms with Crippen LogP contribution in [0.2, 0.25) is 0 Å². The fourth-order valence-electron chi connectivity index (χ4n) is 4.46. The van der Waals surface area contributed by atoms with Gasteiger partial charge in [-0.2, -0.15) is 5.10 Å². The maximum atomic E-state index is 12.6. The Kier molecular flexibility index (Phi) is 6.12. The molecular formula is C26H27N3O5. The monoisotopic (exact) mass is 461 g/mol. The van der Waals surface area contributed by atoms with E-state index in [0.29, 0.717) is 29.6 Å². The van der Waals surface area contributed by atoms with Gasteiger partial charge in [-0.1, -0.05) is 12.1 Å². The summed E-state index contributed by atoms with van der Waals surface area (Å²) in [4.78, 5) is 12.6. The van der Waals surface area contributed by atoms with E-state index in [1.165, 1.54) is 12.0 Å². The summed E-state index contributed by atoms with van der Waals surface area (Å²) in [5.74, 6) is 3.30. The molecule has 34 heavy (non-hydrogen) atoms. The van der Waals surface area contributed by atoms with E-state index in [9.17, 15) is 4.79 Å². The summed E-state index contributed by atoms with van der Waals surface area (Å²) in [6.45, 7) is 0.297. The Hall–Kier alpha value is -3.94. The SMILES string of the molecule is COc1cccc(Cn2nccc2NC(=O)COc2ccc3oc4c(c3c2)CCCC4)c1OC. The van der Waals surface area contributed by atoms with Gasteiger partial charge in [0.25, 0.3) is 5.91 Å². The number of carbonyl (C=O) groups excluding carboxylic acids is 1. The quantitative estimate of drug-likeness (QED) is 0.413. The Morgan fingerprint density at radius 3 is 2.85 bits per heavy atom. The smallest absolute Gasteiger partial charge is 0.263 e. The van der Waals surface area contributed by atoms with E-state index < -0.39 is 0 Å². The molecule has 176 valence electrons. The van der Waals surface area contributed by atoms with Crippen LogP contribution >= 0.6 is 0 Å². The zero-order valence-corrected chi connectivity index (χ0v) is 19.3. The fraction of sp³-hybridized carbons (Fsp3) is 0.308. The minimum Gasteiger partial charge on any atom is -0.493 e. The van der Waals surface area contributed by atoms with E-state index >= 15 is 0 Å². The molecule has 0 radical (unpaired) electrons. The molecule has 0 fully saturated rings. The second-order valence-electron chi connectivity index (χ2n) is 8.23. The first-order valence-electron chi connectivity index (χ1n) is 11.3. The van der Waals surface area contributed by atoms with Gasteiger partial charge in [-0.05, 0) is 43.5 Å². The lowest BCUT2D eigenvalue weighted by molar-refractivity contribution is -0.118. The predicted octanol–water partition coefficient (Wildman–Crippen LogP) is 4.59. The van der Waals surface area contributed by atoms with Crippen molar-refractivity contribution in [3.8, 4) is 17.2 Å². The molecule has 8 nitrogen and oxygen atoms in total. The number of aryl methyl sites for hydroxylation is 2. The molecule has 0 saturated heterocycles. The molecule has 2 aromatic carbocycles. The van der Waals surface area contributed by atoms with E-state index in [0.717, 1.165) is 41.6 Å². The third-order valence-corrected chi connectivity index (χ3v) is 6.09. The minimum absolute atomic E-state index is 0.112. The molecule has 8 heteroatoms. The Morgan fingerprint density at radius 1 is 1.12 bits per heavy atom. The third kappa shape index (κ3) is 4.31. The summed E-state index contributed by atoms with van der Waals surface area (Å²) in [5.41, 5.74) is 3.03. The second-order valence-corrected chi connectivity index (χ2v) is 8.23. The number of rotatable bonds is 8. The van der Waals surface area contributed by atoms with Gasteiger partial charge in [0.1, 0.15) is 22.9 Å². The molecule has 2 aromatic heterocycles. The highest BCUT2D eigenvalue weighted by molar-refractivity contribution is 5.91. The summed E-state index contributed by atoms with van der Waals surface area (Å²) in [7, 11) is 3.20. The van der Waals surface area contributed by atoms with E-state index in [4.69, 9.17) is 18.6 Å². The highest BCUT2D eigenvalue weighted by atomic mass is 16.5. The number of amides is 1. The molecule has 5 rings (SSSR count). The van der Waals surface area contributed by atoms with E-state index in [-0.39, 0.29) is 12.5 Å². The summed E-state index contributed by atoms with van der Waals surface area (Å²) in [6, 6.07) is 13.1. The number of nitrogens with zero attached hydrogens (tertiary/aromatic N) is 2. The number of carbonyl (C=O) groups is 1. The number of benzene rings is 2. The lowest BCUT2D eigenvalue weighted by Gasteiger charge is -2.14. The summed E-state index contributed by atoms with van der Waals surface area (Å²) >= 11 is 0. The van der Waals surface area contributed by atoms with Crippen molar-refractivity contribution in [2.75, 3.05) is 26.1 Å². The molecule has 4 aromatic rings. The van der Waals surface area contributed by atoms with E-state index in [1.54, 1.807) is 31.2 Å². The van der Waals surface area contributed by atoms with Crippen molar-refractivity contribution in [1.29, 1.82) is 0 Å². The van der Waals surface area contributed by atoms with Crippen molar-refractivity contribution < 1.29 is 23.4 Å². The van der Waals surface area contributed by atoms with Crippen LogP contribution in [0.15, 0.2) is 53.1 Å². The summed E-state index contributed by atoms with van der Waals surface area (Å²) < 4.78 is 24.3. The molecule has 0 aliphatic heterocycles. The molecule has 1 aliphatic carbocycles. The van der Waals surface area contributed by atoms with Crippen molar-refractivity contribution in [3.05, 3.63) is 65.5 Å². The maximum Gasteiger partial charge on any atom is 0.263 e. The van der Waals surface area contributed by atoms with Gasteiger partial charge in [0.05, 0.1) is 27.0 Å². The van der Waals surface area contributed by atoms with Crippen LogP contribution in [0.4, 0.5) is 5.82 Å². The number of methoxy groups -OCH3 is 2. The molecule has 1 aliphatic rings. The first kappa shape index (κ1) is 21.9. The van der Waals surface area contributed by atoms with Gasteiger partial charge < -0.3 is 23.9 Å². The van der Waals surface area contributed by atoms with Crippen molar-refractivity contribution in [3.63, 3.8) is 0 Å². The van der Waals surface area contributed by atoms with Crippen LogP contribution in [0, 0.1) is 0 Å². The highest BCUT2D eigenvalue weighted by Gasteiger charge is 2.18. The third-order valence-electron chi connectivity index (χ3n) is 6.09. The topological polar surface area (TPSA) is 87.8 Å². The van der Waals surface area contributed by atoms with Gasteiger partial charge in [0.2, 0.25) is 0 Å². The van der Waals surface area contributed by atoms with Gasteiger partial charge in [0.15, 0.2) is 18.1 Å². The zero-order chi connectivity index (χ0) is 23.5. The van der Waals surface area contributed by atoms with Gasteiger partial charge >= 0.3 is 0 Å². The molecular weight excluding hydrogens is 434 g/mol. The van der Waals surface area contributed by atoms with Crippen LogP contribution in [-0.4, -0.2) is 36.5 Å². The Morgan fingerprint density at radius 2 is 2.00 bits per heavy atom. The molecule has 0 spiro atoms. The van der Waals surface area contributed by atoms with Crippen molar-refractivity contribution in [2.45, 2.75) is 32.2 Å². The Bertz CT molecular complexity index is 1320. The standard InChI is InChI=1S/C26H27N3O5/c1-31-23-9-5-6-17(26(23)32-2)15-29-24(12-13-27-29)28-25(30)16-33-18-10-11-22-20(14-18)19-7-3-4-8-21(19)34-22/h5-6,9-14H,3-4,7-8,15-16H2,1-2H3,(H,28,30). The molecule has 1 amide bonds. The van der Waals surface area contributed by atoms with Gasteiger partial charge in [-0.3, -0.25) is 4.79 Å². The molecule has 0 atom stereocenters. The largest absolute Gasteiger partial charge is 0.493 e. The van der Waals surface area contributed by atoms with Crippen molar-refractivity contribution in [1.82, 2.24) is 9.78 Å². The van der Waals surface area contributed by atoms with Crippen LogP contribution in [0.1, 0.15) is 29.7 Å². The molecule has 0 unspecified atom stereocenters. The lowest BCUT2D eigenvalue weighted by atomic mass is 9.96. The number of para-hydroxylation sites is 1. The molecule has 0 bridgehead atoms. The Labute approximate surface area is 197 Å². The van der Waals surface area contributed by atoms with Crippen molar-refractivity contribution in [2.24, 2.45) is 0 Å². The highest BCUT2D eigenvalue weighted by Crippen LogP contribution is 2.34. The second kappa shape index (κ2) is 9.51. The van der Waals surface area contributed by atoms with Crippen LogP contribution in [0.5, 0.6) is 17.2 Å². The normalized spacial score (nSPS) is 12.9. The fourth-order valence-corrected chi connectivity index (χ4v) is 4.46. The lowest BCUT2D eigenvalue weighted by Crippen LogP contribution is -2.22. The number of anilines is 1. The molecule has 0 saturated carbocycles. The molecule has 2 heterocycles. The molecule has 1 N–H and O–H groups in total. The number of fused-ring (bicyclic) bond motifs is 3. The number of hydrogen-bond acceptors (Lipinski definition) is 6. The first-order chi connectivity index (χ1) is 16.7. The van der Waals surface area contributed by atoms with Crippen LogP contribution < -0.4 is 19.5 Å². The summed E-state index contributed by atoms with van der Waals surface area (Å²) in [6.07, 6.45) is 5.98. The average molecular weight is 462 g/mol. The van der Waals surface area contributed by atoms with E-state index in [2.05, 4.69) is 10.4 Å². The first-order valence-corrected chi connectivity index (χ1v) is 11.3. The van der Waals surface area contributed by atoms with Crippen LogP contribution in [0.25, 0.3) is 11.0 Å². The Balaban J connectivity index is 1.25. The summed E-state index contributed by atoms with van der Waals surface area (Å²) in [5, 5.41) is 8.29. The average Bonchev–Trinajstić information content (AvgIpc) is 3.46. The van der Waals surface area contributed by atoms with Gasteiger partial charge in [-0.15, -0.1) is 0 Å². The number of furan rings is 1. The maximum absolute atomic E-state index is 12.6. The number of ether oxygens (including phenoxy) is 3. The van der Waals surface area contributed by atoms with Gasteiger partial charge in [0, 0.05) is 29.0 Å². The van der Waals surface area contributed by atoms with Crippen LogP contribution in [0.3, 0.4) is 0 Å². The van der Waals surface area contributed by atoms with Crippen LogP contribution in [-0.2, 0) is 24.2 Å². The number of hydrogen-bond donors (Lipinski definition) is 1. The van der Waals surface area contributed by atoms with Gasteiger partial charge in [-0.25, -0.2) is 4.68 Å². The number of nitrogens with one attached hydrogen (secondary N) is 1.